The number of aromatic nitrogens is 4. The van der Waals surface area contributed by atoms with Gasteiger partial charge in [0.1, 0.15) is 11.3 Å². The number of amidine groups is 1. The van der Waals surface area contributed by atoms with Gasteiger partial charge in [-0.15, -0.1) is 16.4 Å². The Labute approximate surface area is 88.9 Å². The van der Waals surface area contributed by atoms with E-state index in [1.54, 1.807) is 10.9 Å². The summed E-state index contributed by atoms with van der Waals surface area (Å²) >= 11 is 1.53. The molecule has 7 nitrogen and oxygen atoms in total. The van der Waals surface area contributed by atoms with E-state index in [1.807, 2.05) is 5.38 Å². The van der Waals surface area contributed by atoms with Crippen molar-refractivity contribution in [3.8, 4) is 0 Å². The van der Waals surface area contributed by atoms with Gasteiger partial charge in [-0.2, -0.15) is 0 Å². The van der Waals surface area contributed by atoms with Gasteiger partial charge in [0.25, 0.3) is 0 Å². The molecular formula is C7H8N6OS. The molecule has 0 aromatic carbocycles. The van der Waals surface area contributed by atoms with Crippen molar-refractivity contribution < 1.29 is 5.21 Å². The van der Waals surface area contributed by atoms with Crippen molar-refractivity contribution >= 4 is 17.2 Å². The van der Waals surface area contributed by atoms with Crippen molar-refractivity contribution in [1.29, 1.82) is 0 Å². The molecule has 0 saturated carbocycles. The highest BCUT2D eigenvalue weighted by Crippen LogP contribution is 2.05. The Hall–Kier alpha value is -1.96. The van der Waals surface area contributed by atoms with E-state index in [-0.39, 0.29) is 11.7 Å². The van der Waals surface area contributed by atoms with Crippen LogP contribution in [-0.4, -0.2) is 30.8 Å². The lowest BCUT2D eigenvalue weighted by molar-refractivity contribution is 0.318. The first-order valence-corrected chi connectivity index (χ1v) is 4.93. The molecule has 0 spiro atoms. The highest BCUT2D eigenvalue weighted by Gasteiger charge is 2.06. The second-order valence-corrected chi connectivity index (χ2v) is 3.66. The van der Waals surface area contributed by atoms with Gasteiger partial charge in [0.15, 0.2) is 0 Å². The van der Waals surface area contributed by atoms with E-state index >= 15 is 0 Å². The van der Waals surface area contributed by atoms with Gasteiger partial charge >= 0.3 is 0 Å². The van der Waals surface area contributed by atoms with Crippen LogP contribution in [0.4, 0.5) is 0 Å². The van der Waals surface area contributed by atoms with Crippen molar-refractivity contribution in [3.63, 3.8) is 0 Å². The summed E-state index contributed by atoms with van der Waals surface area (Å²) in [6.45, 7) is 0.531. The maximum absolute atomic E-state index is 8.42. The van der Waals surface area contributed by atoms with Gasteiger partial charge in [0.2, 0.25) is 11.7 Å². The van der Waals surface area contributed by atoms with Crippen molar-refractivity contribution in [1.82, 2.24) is 19.7 Å². The van der Waals surface area contributed by atoms with E-state index in [2.05, 4.69) is 20.2 Å². The van der Waals surface area contributed by atoms with E-state index in [0.29, 0.717) is 6.54 Å². The number of rotatable bonds is 3. The molecule has 0 aliphatic heterocycles. The average molecular weight is 224 g/mol. The molecule has 0 saturated heterocycles. The van der Waals surface area contributed by atoms with Crippen LogP contribution >= 0.6 is 11.3 Å². The van der Waals surface area contributed by atoms with Gasteiger partial charge in [-0.1, -0.05) is 5.16 Å². The molecule has 2 aromatic rings. The lowest BCUT2D eigenvalue weighted by Gasteiger charge is -1.94. The minimum Gasteiger partial charge on any atom is -0.409 e. The number of oxime groups is 1. The topological polar surface area (TPSA) is 102 Å². The molecule has 2 heterocycles. The van der Waals surface area contributed by atoms with Crippen LogP contribution < -0.4 is 5.73 Å². The summed E-state index contributed by atoms with van der Waals surface area (Å²) < 4.78 is 1.58. The summed E-state index contributed by atoms with van der Waals surface area (Å²) in [6.07, 6.45) is 3.23. The van der Waals surface area contributed by atoms with Crippen LogP contribution in [-0.2, 0) is 6.54 Å². The molecule has 0 unspecified atom stereocenters. The third kappa shape index (κ3) is 2.10. The van der Waals surface area contributed by atoms with Gasteiger partial charge in [0, 0.05) is 11.6 Å². The minimum absolute atomic E-state index is 0.104. The van der Waals surface area contributed by atoms with E-state index in [0.717, 1.165) is 5.01 Å². The third-order valence-electron chi connectivity index (χ3n) is 1.65. The second-order valence-electron chi connectivity index (χ2n) is 2.68. The van der Waals surface area contributed by atoms with Crippen molar-refractivity contribution in [2.75, 3.05) is 0 Å². The third-order valence-corrected chi connectivity index (χ3v) is 2.42. The highest BCUT2D eigenvalue weighted by molar-refractivity contribution is 7.09. The summed E-state index contributed by atoms with van der Waals surface area (Å²) in [6, 6.07) is 0. The Morgan fingerprint density at radius 1 is 1.60 bits per heavy atom. The van der Waals surface area contributed by atoms with Crippen LogP contribution in [0.1, 0.15) is 10.8 Å². The highest BCUT2D eigenvalue weighted by atomic mass is 32.1. The van der Waals surface area contributed by atoms with Gasteiger partial charge < -0.3 is 10.9 Å². The molecule has 15 heavy (non-hydrogen) atoms. The van der Waals surface area contributed by atoms with Gasteiger partial charge in [-0.3, -0.25) is 0 Å². The summed E-state index contributed by atoms with van der Waals surface area (Å²) in [5.74, 6) is 0.0990. The molecule has 8 heteroatoms. The van der Waals surface area contributed by atoms with Gasteiger partial charge in [0.05, 0.1) is 6.54 Å². The van der Waals surface area contributed by atoms with E-state index in [1.165, 1.54) is 17.7 Å². The normalized spacial score (nSPS) is 11.9. The molecule has 78 valence electrons. The Bertz CT molecular complexity index is 462. The standard InChI is InChI=1S/C7H8N6OS/c8-6(12-14)7-10-4-13(11-7)3-5-9-1-2-15-5/h1-2,4,14H,3H2,(H2,8,12). The molecule has 0 radical (unpaired) electrons. The molecule has 0 amide bonds. The maximum Gasteiger partial charge on any atom is 0.219 e. The van der Waals surface area contributed by atoms with Gasteiger partial charge in [-0.25, -0.2) is 14.6 Å². The van der Waals surface area contributed by atoms with E-state index in [9.17, 15) is 0 Å². The Morgan fingerprint density at radius 2 is 2.47 bits per heavy atom. The predicted octanol–water partition coefficient (Wildman–Crippen LogP) is -0.123. The average Bonchev–Trinajstić information content (AvgIpc) is 2.88. The van der Waals surface area contributed by atoms with Crippen LogP contribution in [0.25, 0.3) is 0 Å². The summed E-state index contributed by atoms with van der Waals surface area (Å²) in [4.78, 5) is 7.99. The Morgan fingerprint density at radius 3 is 3.13 bits per heavy atom. The van der Waals surface area contributed by atoms with Crippen LogP contribution in [0.5, 0.6) is 0 Å². The summed E-state index contributed by atoms with van der Waals surface area (Å²) in [5.41, 5.74) is 5.33. The lowest BCUT2D eigenvalue weighted by Crippen LogP contribution is -2.15. The minimum atomic E-state index is -0.104. The Kier molecular flexibility index (Phi) is 2.59. The molecule has 0 atom stereocenters. The first-order chi connectivity index (χ1) is 7.29. The quantitative estimate of drug-likeness (QED) is 0.327. The first kappa shape index (κ1) is 9.59. The number of nitrogens with zero attached hydrogens (tertiary/aromatic N) is 5. The van der Waals surface area contributed by atoms with Crippen LogP contribution in [0.2, 0.25) is 0 Å². The smallest absolute Gasteiger partial charge is 0.219 e. The molecule has 3 N–H and O–H groups in total. The van der Waals surface area contributed by atoms with Crippen LogP contribution in [0.15, 0.2) is 23.1 Å². The zero-order valence-corrected chi connectivity index (χ0v) is 8.42. The zero-order chi connectivity index (χ0) is 10.7. The molecule has 0 aliphatic carbocycles. The number of hydrogen-bond acceptors (Lipinski definition) is 6. The fourth-order valence-corrected chi connectivity index (χ4v) is 1.61. The fraction of sp³-hybridized carbons (Fsp3) is 0.143. The number of nitrogens with two attached hydrogens (primary N) is 1. The second kappa shape index (κ2) is 4.05. The van der Waals surface area contributed by atoms with Gasteiger partial charge in [-0.05, 0) is 0 Å². The molecule has 0 fully saturated rings. The predicted molar refractivity (Wildman–Crippen MR) is 53.7 cm³/mol. The molecule has 0 bridgehead atoms. The fourth-order valence-electron chi connectivity index (χ4n) is 1.00. The van der Waals surface area contributed by atoms with Crippen molar-refractivity contribution in [2.24, 2.45) is 10.9 Å². The molecule has 2 aromatic heterocycles. The summed E-state index contributed by atoms with van der Waals surface area (Å²) in [7, 11) is 0. The van der Waals surface area contributed by atoms with Crippen LogP contribution in [0.3, 0.4) is 0 Å². The van der Waals surface area contributed by atoms with Crippen LogP contribution in [0, 0.1) is 0 Å². The monoisotopic (exact) mass is 224 g/mol. The zero-order valence-electron chi connectivity index (χ0n) is 7.61. The van der Waals surface area contributed by atoms with Crippen molar-refractivity contribution in [2.45, 2.75) is 6.54 Å². The van der Waals surface area contributed by atoms with E-state index in [4.69, 9.17) is 10.9 Å². The van der Waals surface area contributed by atoms with E-state index < -0.39 is 0 Å². The maximum atomic E-state index is 8.42. The Balaban J connectivity index is 2.14. The largest absolute Gasteiger partial charge is 0.409 e. The lowest BCUT2D eigenvalue weighted by atomic mass is 10.6. The molecule has 2 rings (SSSR count). The number of hydrogen-bond donors (Lipinski definition) is 2. The first-order valence-electron chi connectivity index (χ1n) is 4.05. The summed E-state index contributed by atoms with van der Waals surface area (Å²) in [5, 5.41) is 18.0. The SMILES string of the molecule is NC(=NO)c1ncn(Cc2nccs2)n1. The van der Waals surface area contributed by atoms with Crippen molar-refractivity contribution in [3.05, 3.63) is 28.7 Å². The molecule has 0 aliphatic rings. The molecular weight excluding hydrogens is 216 g/mol. The number of thiazole rings is 1.